The summed E-state index contributed by atoms with van der Waals surface area (Å²) in [5, 5.41) is 0. The number of ketones is 2. The molecule has 4 rings (SSSR count). The van der Waals surface area contributed by atoms with E-state index < -0.39 is 0 Å². The van der Waals surface area contributed by atoms with E-state index in [1.807, 2.05) is 0 Å². The van der Waals surface area contributed by atoms with E-state index in [0.29, 0.717) is 24.4 Å². The lowest BCUT2D eigenvalue weighted by Gasteiger charge is -2.34. The van der Waals surface area contributed by atoms with Gasteiger partial charge in [-0.05, 0) is 126 Å². The second-order valence-electron chi connectivity index (χ2n) is 12.1. The number of hydrogen-bond acceptors (Lipinski definition) is 4. The number of likely N-dealkylation sites (tertiary alicyclic amines) is 2. The monoisotopic (exact) mass is 582 g/mol. The van der Waals surface area contributed by atoms with Crippen LogP contribution in [-0.2, 0) is 22.4 Å². The zero-order chi connectivity index (χ0) is 29.1. The van der Waals surface area contributed by atoms with Crippen LogP contribution in [0.2, 0.25) is 0 Å². The summed E-state index contributed by atoms with van der Waals surface area (Å²) in [5.41, 5.74) is 7.46. The molecule has 2 aromatic carbocycles. The Morgan fingerprint density at radius 3 is 1.29 bits per heavy atom. The lowest BCUT2D eigenvalue weighted by molar-refractivity contribution is -0.125. The lowest BCUT2D eigenvalue weighted by Crippen LogP contribution is -2.45. The maximum absolute atomic E-state index is 12.7. The van der Waals surface area contributed by atoms with Gasteiger partial charge in [0.25, 0.3) is 0 Å². The van der Waals surface area contributed by atoms with E-state index in [0.717, 1.165) is 51.9 Å². The van der Waals surface area contributed by atoms with Crippen LogP contribution in [0.25, 0.3) is 0 Å². The van der Waals surface area contributed by atoms with Gasteiger partial charge in [-0.1, -0.05) is 63.1 Å². The molecule has 2 saturated heterocycles. The van der Waals surface area contributed by atoms with Crippen LogP contribution < -0.4 is 0 Å². The summed E-state index contributed by atoms with van der Waals surface area (Å²) in [6, 6.07) is 12.9. The smallest absolute Gasteiger partial charge is 0.154 e. The molecule has 0 aromatic heterocycles. The molecule has 0 aliphatic carbocycles. The SMILES string of the molecule is CCCN1CCCC[C@H]1C(=O)Cc1c(C)cccc1C.CCCN1CCCC[C@H]1C(=O)Cc1c(C)cccc1C.Cl. The third kappa shape index (κ3) is 10.0. The average molecular weight is 583 g/mol. The lowest BCUT2D eigenvalue weighted by atomic mass is 9.91. The van der Waals surface area contributed by atoms with Crippen LogP contribution in [0.3, 0.4) is 0 Å². The quantitative estimate of drug-likeness (QED) is 0.287. The average Bonchev–Trinajstić information content (AvgIpc) is 2.94. The Labute approximate surface area is 256 Å². The summed E-state index contributed by atoms with van der Waals surface area (Å²) in [6.45, 7) is 17.1. The van der Waals surface area contributed by atoms with E-state index in [-0.39, 0.29) is 24.5 Å². The molecule has 0 radical (unpaired) electrons. The fourth-order valence-corrected chi connectivity index (χ4v) is 6.66. The van der Waals surface area contributed by atoms with Gasteiger partial charge in [0, 0.05) is 12.8 Å². The van der Waals surface area contributed by atoms with Crippen molar-refractivity contribution in [2.45, 2.75) is 118 Å². The number of carbonyl (C=O) groups is 2. The molecule has 228 valence electrons. The van der Waals surface area contributed by atoms with E-state index in [1.165, 1.54) is 59.1 Å². The second-order valence-corrected chi connectivity index (χ2v) is 12.1. The van der Waals surface area contributed by atoms with Crippen LogP contribution >= 0.6 is 12.4 Å². The number of rotatable bonds is 10. The Kier molecular flexibility index (Phi) is 15.3. The van der Waals surface area contributed by atoms with Crippen molar-refractivity contribution in [3.8, 4) is 0 Å². The largest absolute Gasteiger partial charge is 0.298 e. The minimum absolute atomic E-state index is 0. The predicted molar refractivity (Wildman–Crippen MR) is 176 cm³/mol. The highest BCUT2D eigenvalue weighted by atomic mass is 35.5. The van der Waals surface area contributed by atoms with Gasteiger partial charge < -0.3 is 0 Å². The zero-order valence-electron chi connectivity index (χ0n) is 26.6. The summed E-state index contributed by atoms with van der Waals surface area (Å²) in [5.74, 6) is 0.825. The number of carbonyl (C=O) groups excluding carboxylic acids is 2. The topological polar surface area (TPSA) is 40.6 Å². The van der Waals surface area contributed by atoms with Crippen LogP contribution in [0.1, 0.15) is 98.6 Å². The van der Waals surface area contributed by atoms with E-state index >= 15 is 0 Å². The molecule has 4 nitrogen and oxygen atoms in total. The highest BCUT2D eigenvalue weighted by Gasteiger charge is 2.29. The van der Waals surface area contributed by atoms with Crippen molar-refractivity contribution in [3.05, 3.63) is 69.8 Å². The van der Waals surface area contributed by atoms with Crippen molar-refractivity contribution < 1.29 is 9.59 Å². The normalized spacial score (nSPS) is 19.6. The number of Topliss-reactive ketones (excluding diaryl/α,β-unsaturated/α-hetero) is 2. The Bertz CT molecular complexity index is 983. The molecule has 0 amide bonds. The van der Waals surface area contributed by atoms with Crippen LogP contribution in [0, 0.1) is 27.7 Å². The molecule has 0 spiro atoms. The first kappa shape index (κ1) is 35.2. The van der Waals surface area contributed by atoms with E-state index in [2.05, 4.69) is 87.7 Å². The van der Waals surface area contributed by atoms with Gasteiger partial charge in [0.1, 0.15) is 0 Å². The maximum atomic E-state index is 12.7. The van der Waals surface area contributed by atoms with Crippen LogP contribution in [0.5, 0.6) is 0 Å². The van der Waals surface area contributed by atoms with Gasteiger partial charge in [0.05, 0.1) is 12.1 Å². The summed E-state index contributed by atoms with van der Waals surface area (Å²) < 4.78 is 0. The number of piperidine rings is 2. The molecule has 5 heteroatoms. The third-order valence-corrected chi connectivity index (χ3v) is 8.98. The minimum atomic E-state index is 0. The second kappa shape index (κ2) is 17.8. The Balaban J connectivity index is 0.000000280. The highest BCUT2D eigenvalue weighted by molar-refractivity contribution is 5.87. The van der Waals surface area contributed by atoms with Gasteiger partial charge in [-0.3, -0.25) is 19.4 Å². The van der Waals surface area contributed by atoms with Crippen LogP contribution in [-0.4, -0.2) is 59.6 Å². The fourth-order valence-electron chi connectivity index (χ4n) is 6.66. The zero-order valence-corrected chi connectivity index (χ0v) is 27.5. The molecular weight excluding hydrogens is 528 g/mol. The van der Waals surface area contributed by atoms with Gasteiger partial charge in [-0.25, -0.2) is 0 Å². The van der Waals surface area contributed by atoms with Crippen molar-refractivity contribution in [1.29, 1.82) is 0 Å². The Morgan fingerprint density at radius 1 is 0.634 bits per heavy atom. The van der Waals surface area contributed by atoms with Gasteiger partial charge in [0.2, 0.25) is 0 Å². The number of hydrogen-bond donors (Lipinski definition) is 0. The van der Waals surface area contributed by atoms with Gasteiger partial charge in [-0.15, -0.1) is 12.4 Å². The number of benzene rings is 2. The Morgan fingerprint density at radius 2 is 0.976 bits per heavy atom. The summed E-state index contributed by atoms with van der Waals surface area (Å²) in [6.07, 6.45) is 10.4. The van der Waals surface area contributed by atoms with E-state index in [4.69, 9.17) is 0 Å². The first-order valence-electron chi connectivity index (χ1n) is 15.9. The van der Waals surface area contributed by atoms with Crippen molar-refractivity contribution in [1.82, 2.24) is 9.80 Å². The van der Waals surface area contributed by atoms with Crippen molar-refractivity contribution >= 4 is 24.0 Å². The minimum Gasteiger partial charge on any atom is -0.298 e. The predicted octanol–water partition coefficient (Wildman–Crippen LogP) is 7.78. The Hall–Kier alpha value is -2.01. The van der Waals surface area contributed by atoms with Crippen molar-refractivity contribution in [2.24, 2.45) is 0 Å². The van der Waals surface area contributed by atoms with Gasteiger partial charge in [-0.2, -0.15) is 0 Å². The van der Waals surface area contributed by atoms with Gasteiger partial charge in [0.15, 0.2) is 11.6 Å². The number of nitrogens with zero attached hydrogens (tertiary/aromatic N) is 2. The molecule has 2 aliphatic rings. The molecule has 41 heavy (non-hydrogen) atoms. The fraction of sp³-hybridized carbons (Fsp3) is 0.611. The molecular formula is C36H55ClN2O2. The molecule has 2 aliphatic heterocycles. The first-order valence-corrected chi connectivity index (χ1v) is 15.9. The summed E-state index contributed by atoms with van der Waals surface area (Å²) in [4.78, 5) is 30.2. The summed E-state index contributed by atoms with van der Waals surface area (Å²) in [7, 11) is 0. The van der Waals surface area contributed by atoms with Crippen LogP contribution in [0.4, 0.5) is 0 Å². The van der Waals surface area contributed by atoms with Crippen molar-refractivity contribution in [2.75, 3.05) is 26.2 Å². The molecule has 0 saturated carbocycles. The first-order chi connectivity index (χ1) is 19.3. The van der Waals surface area contributed by atoms with Crippen molar-refractivity contribution in [3.63, 3.8) is 0 Å². The third-order valence-electron chi connectivity index (χ3n) is 8.98. The standard InChI is InChI=1S/2C18H27NO.ClH/c2*1-4-11-19-12-6-5-10-17(19)18(20)13-16-14(2)8-7-9-15(16)3;/h2*7-9,17H,4-6,10-13H2,1-3H3;1H/t2*17-;/m00./s1. The molecule has 0 N–H and O–H groups in total. The molecule has 0 unspecified atom stereocenters. The summed E-state index contributed by atoms with van der Waals surface area (Å²) >= 11 is 0. The molecule has 0 bridgehead atoms. The van der Waals surface area contributed by atoms with E-state index in [1.54, 1.807) is 0 Å². The molecule has 2 heterocycles. The number of halogens is 1. The highest BCUT2D eigenvalue weighted by Crippen LogP contribution is 2.23. The van der Waals surface area contributed by atoms with E-state index in [9.17, 15) is 9.59 Å². The number of aryl methyl sites for hydroxylation is 4. The van der Waals surface area contributed by atoms with Crippen LogP contribution in [0.15, 0.2) is 36.4 Å². The van der Waals surface area contributed by atoms with Gasteiger partial charge >= 0.3 is 0 Å². The molecule has 2 aromatic rings. The molecule has 2 atom stereocenters. The maximum Gasteiger partial charge on any atom is 0.154 e. The molecule has 2 fully saturated rings.